The molecule has 1 saturated heterocycles. The number of rotatable bonds is 4. The molecule has 1 fully saturated rings. The Balaban J connectivity index is 1.62. The fraction of sp³-hybridized carbons (Fsp3) is 0.533. The number of likely N-dealkylation sites (tertiary alicyclic amines) is 1. The van der Waals surface area contributed by atoms with Crippen molar-refractivity contribution in [3.05, 3.63) is 29.2 Å². The molecular weight excluding hydrogens is 280 g/mol. The van der Waals surface area contributed by atoms with E-state index in [1.54, 1.807) is 0 Å². The van der Waals surface area contributed by atoms with Crippen LogP contribution in [0.1, 0.15) is 36.3 Å². The summed E-state index contributed by atoms with van der Waals surface area (Å²) < 4.78 is 1.96. The molecule has 1 atom stereocenters. The van der Waals surface area contributed by atoms with Crippen molar-refractivity contribution in [2.75, 3.05) is 18.4 Å². The second kappa shape index (κ2) is 5.92. The molecule has 2 aromatic heterocycles. The van der Waals surface area contributed by atoms with Crippen LogP contribution in [0.25, 0.3) is 0 Å². The number of aryl methyl sites for hydroxylation is 2. The van der Waals surface area contributed by atoms with Gasteiger partial charge in [-0.25, -0.2) is 0 Å². The Morgan fingerprint density at radius 3 is 3.00 bits per heavy atom. The first-order valence-electron chi connectivity index (χ1n) is 7.58. The summed E-state index contributed by atoms with van der Waals surface area (Å²) in [5.74, 6) is 0.525. The SMILES string of the molecule is CC(=O)Nc1ccn(C2CCN(Cc3c(C)n[nH]c3C)C2)n1. The maximum Gasteiger partial charge on any atom is 0.222 e. The van der Waals surface area contributed by atoms with Crippen LogP contribution >= 0.6 is 0 Å². The van der Waals surface area contributed by atoms with E-state index in [4.69, 9.17) is 0 Å². The molecule has 22 heavy (non-hydrogen) atoms. The third kappa shape index (κ3) is 3.04. The quantitative estimate of drug-likeness (QED) is 0.899. The summed E-state index contributed by atoms with van der Waals surface area (Å²) in [6.07, 6.45) is 3.00. The number of nitrogens with zero attached hydrogens (tertiary/aromatic N) is 4. The van der Waals surface area contributed by atoms with Crippen LogP contribution in [0, 0.1) is 13.8 Å². The van der Waals surface area contributed by atoms with E-state index in [0.717, 1.165) is 37.4 Å². The molecule has 2 aromatic rings. The van der Waals surface area contributed by atoms with Crippen molar-refractivity contribution < 1.29 is 4.79 Å². The minimum atomic E-state index is -0.0933. The monoisotopic (exact) mass is 302 g/mol. The van der Waals surface area contributed by atoms with Crippen LogP contribution in [0.2, 0.25) is 0 Å². The van der Waals surface area contributed by atoms with Crippen LogP contribution < -0.4 is 5.32 Å². The molecule has 1 aliphatic heterocycles. The number of amides is 1. The lowest BCUT2D eigenvalue weighted by Crippen LogP contribution is -2.22. The Kier molecular flexibility index (Phi) is 3.98. The van der Waals surface area contributed by atoms with Crippen LogP contribution in [-0.4, -0.2) is 43.9 Å². The molecule has 0 saturated carbocycles. The number of hydrogen-bond donors (Lipinski definition) is 2. The van der Waals surface area contributed by atoms with Crippen LogP contribution in [-0.2, 0) is 11.3 Å². The van der Waals surface area contributed by atoms with E-state index in [-0.39, 0.29) is 5.91 Å². The van der Waals surface area contributed by atoms with Crippen molar-refractivity contribution in [2.24, 2.45) is 0 Å². The first-order valence-corrected chi connectivity index (χ1v) is 7.58. The van der Waals surface area contributed by atoms with Crippen molar-refractivity contribution in [1.29, 1.82) is 0 Å². The number of aromatic nitrogens is 4. The summed E-state index contributed by atoms with van der Waals surface area (Å²) in [7, 11) is 0. The zero-order valence-corrected chi connectivity index (χ0v) is 13.3. The topological polar surface area (TPSA) is 78.8 Å². The maximum absolute atomic E-state index is 11.1. The highest BCUT2D eigenvalue weighted by atomic mass is 16.1. The molecular formula is C15H22N6O. The second-order valence-electron chi connectivity index (χ2n) is 5.95. The first-order chi connectivity index (χ1) is 10.5. The summed E-state index contributed by atoms with van der Waals surface area (Å²) >= 11 is 0. The van der Waals surface area contributed by atoms with Gasteiger partial charge in [-0.05, 0) is 20.3 Å². The number of aromatic amines is 1. The van der Waals surface area contributed by atoms with E-state index < -0.39 is 0 Å². The molecule has 0 aromatic carbocycles. The average molecular weight is 302 g/mol. The highest BCUT2D eigenvalue weighted by Crippen LogP contribution is 2.24. The smallest absolute Gasteiger partial charge is 0.222 e. The molecule has 0 spiro atoms. The predicted molar refractivity (Wildman–Crippen MR) is 83.5 cm³/mol. The van der Waals surface area contributed by atoms with E-state index in [1.807, 2.05) is 23.9 Å². The van der Waals surface area contributed by atoms with Gasteiger partial charge in [-0.3, -0.25) is 19.5 Å². The van der Waals surface area contributed by atoms with Crippen LogP contribution in [0.5, 0.6) is 0 Å². The van der Waals surface area contributed by atoms with Crippen molar-refractivity contribution in [2.45, 2.75) is 39.8 Å². The van der Waals surface area contributed by atoms with Crippen molar-refractivity contribution in [3.8, 4) is 0 Å². The zero-order chi connectivity index (χ0) is 15.7. The van der Waals surface area contributed by atoms with E-state index in [2.05, 4.69) is 32.4 Å². The van der Waals surface area contributed by atoms with Gasteiger partial charge in [0.2, 0.25) is 5.91 Å². The number of anilines is 1. The highest BCUT2D eigenvalue weighted by molar-refractivity contribution is 5.87. The lowest BCUT2D eigenvalue weighted by atomic mass is 10.2. The van der Waals surface area contributed by atoms with Gasteiger partial charge >= 0.3 is 0 Å². The Morgan fingerprint density at radius 1 is 1.50 bits per heavy atom. The molecule has 2 N–H and O–H groups in total. The number of nitrogens with one attached hydrogen (secondary N) is 2. The van der Waals surface area contributed by atoms with Gasteiger partial charge in [0.05, 0.1) is 11.7 Å². The molecule has 1 unspecified atom stereocenters. The van der Waals surface area contributed by atoms with Crippen molar-refractivity contribution >= 4 is 11.7 Å². The number of H-pyrrole nitrogens is 1. The second-order valence-corrected chi connectivity index (χ2v) is 5.95. The van der Waals surface area contributed by atoms with E-state index in [0.29, 0.717) is 11.9 Å². The van der Waals surface area contributed by atoms with Crippen LogP contribution in [0.15, 0.2) is 12.3 Å². The molecule has 3 rings (SSSR count). The van der Waals surface area contributed by atoms with Crippen molar-refractivity contribution in [1.82, 2.24) is 24.9 Å². The predicted octanol–water partition coefficient (Wildman–Crippen LogP) is 1.63. The Labute approximate surface area is 129 Å². The molecule has 1 amide bonds. The fourth-order valence-corrected chi connectivity index (χ4v) is 2.99. The van der Waals surface area contributed by atoms with Gasteiger partial charge in [0, 0.05) is 50.1 Å². The number of carbonyl (C=O) groups is 1. The molecule has 1 aliphatic rings. The Morgan fingerprint density at radius 2 is 2.32 bits per heavy atom. The molecule has 0 radical (unpaired) electrons. The molecule has 3 heterocycles. The normalized spacial score (nSPS) is 18.8. The minimum Gasteiger partial charge on any atom is -0.309 e. The summed E-state index contributed by atoms with van der Waals surface area (Å²) in [4.78, 5) is 13.5. The van der Waals surface area contributed by atoms with E-state index in [1.165, 1.54) is 12.5 Å². The van der Waals surface area contributed by atoms with Gasteiger partial charge in [-0.2, -0.15) is 10.2 Å². The van der Waals surface area contributed by atoms with Gasteiger partial charge in [0.25, 0.3) is 0 Å². The van der Waals surface area contributed by atoms with Gasteiger partial charge in [0.15, 0.2) is 5.82 Å². The largest absolute Gasteiger partial charge is 0.309 e. The van der Waals surface area contributed by atoms with Crippen molar-refractivity contribution in [3.63, 3.8) is 0 Å². The van der Waals surface area contributed by atoms with Crippen LogP contribution in [0.3, 0.4) is 0 Å². The van der Waals surface area contributed by atoms with Gasteiger partial charge in [-0.15, -0.1) is 0 Å². The fourth-order valence-electron chi connectivity index (χ4n) is 2.99. The Hall–Kier alpha value is -2.15. The zero-order valence-electron chi connectivity index (χ0n) is 13.3. The summed E-state index contributed by atoms with van der Waals surface area (Å²) in [6.45, 7) is 8.53. The number of hydrogen-bond acceptors (Lipinski definition) is 4. The summed E-state index contributed by atoms with van der Waals surface area (Å²) in [5, 5.41) is 14.5. The average Bonchev–Trinajstić information content (AvgIpc) is 3.15. The molecule has 0 aliphatic carbocycles. The maximum atomic E-state index is 11.1. The van der Waals surface area contributed by atoms with Crippen LogP contribution in [0.4, 0.5) is 5.82 Å². The molecule has 118 valence electrons. The highest BCUT2D eigenvalue weighted by Gasteiger charge is 2.25. The van der Waals surface area contributed by atoms with Gasteiger partial charge in [0.1, 0.15) is 0 Å². The minimum absolute atomic E-state index is 0.0933. The first kappa shape index (κ1) is 14.8. The van der Waals surface area contributed by atoms with E-state index in [9.17, 15) is 4.79 Å². The van der Waals surface area contributed by atoms with Gasteiger partial charge < -0.3 is 5.32 Å². The third-order valence-electron chi connectivity index (χ3n) is 4.20. The lowest BCUT2D eigenvalue weighted by Gasteiger charge is -2.16. The number of carbonyl (C=O) groups excluding carboxylic acids is 1. The lowest BCUT2D eigenvalue weighted by molar-refractivity contribution is -0.114. The molecule has 7 heteroatoms. The molecule has 0 bridgehead atoms. The standard InChI is InChI=1S/C15H22N6O/c1-10-14(11(2)18-17-10)9-20-6-4-13(8-20)21-7-5-15(19-21)16-12(3)22/h5,7,13H,4,6,8-9H2,1-3H3,(H,17,18)(H,16,19,22). The third-order valence-corrected chi connectivity index (χ3v) is 4.20. The summed E-state index contributed by atoms with van der Waals surface area (Å²) in [5.41, 5.74) is 3.51. The Bertz CT molecular complexity index is 654. The molecule has 7 nitrogen and oxygen atoms in total. The van der Waals surface area contributed by atoms with Gasteiger partial charge in [-0.1, -0.05) is 0 Å². The summed E-state index contributed by atoms with van der Waals surface area (Å²) in [6, 6.07) is 2.20. The van der Waals surface area contributed by atoms with E-state index >= 15 is 0 Å².